The number of hydrogen-bond acceptors (Lipinski definition) is 3. The van der Waals surface area contributed by atoms with E-state index in [0.29, 0.717) is 6.42 Å². The van der Waals surface area contributed by atoms with Crippen molar-refractivity contribution in [1.29, 1.82) is 0 Å². The van der Waals surface area contributed by atoms with Gasteiger partial charge in [-0.1, -0.05) is 6.08 Å². The van der Waals surface area contributed by atoms with Crippen molar-refractivity contribution in [3.05, 3.63) is 12.7 Å². The van der Waals surface area contributed by atoms with Crippen LogP contribution in [0.1, 0.15) is 13.3 Å². The number of hydrogen-bond donors (Lipinski definition) is 1. The van der Waals surface area contributed by atoms with Gasteiger partial charge in [-0.25, -0.2) is 4.29 Å². The Morgan fingerprint density at radius 1 is 1.73 bits per heavy atom. The molecule has 4 heteroatoms. The summed E-state index contributed by atoms with van der Waals surface area (Å²) in [6.45, 7) is 5.26. The lowest BCUT2D eigenvalue weighted by Crippen LogP contribution is -2.19. The average Bonchev–Trinajstić information content (AvgIpc) is 2.03. The van der Waals surface area contributed by atoms with Gasteiger partial charge in [-0.2, -0.15) is 0 Å². The normalized spacial score (nSPS) is 15.9. The molecule has 1 N–H and O–H groups in total. The molecule has 0 radical (unpaired) electrons. The summed E-state index contributed by atoms with van der Waals surface area (Å²) in [4.78, 5) is 0. The Bertz CT molecular complexity index is 108. The largest absolute Gasteiger partial charge is 0.396 e. The molecule has 0 bridgehead atoms. The number of ether oxygens (including phenoxy) is 1. The molecule has 0 aliphatic rings. The van der Waals surface area contributed by atoms with Crippen LogP contribution in [0.2, 0.25) is 0 Å². The number of aliphatic hydroxyl groups excluding tert-OH is 1. The minimum Gasteiger partial charge on any atom is -0.396 e. The molecule has 0 aromatic heterocycles. The van der Waals surface area contributed by atoms with Gasteiger partial charge in [-0.3, -0.25) is 0 Å². The third-order valence-corrected chi connectivity index (χ3v) is 1.42. The van der Waals surface area contributed by atoms with Crippen LogP contribution in [0.4, 0.5) is 0 Å². The Morgan fingerprint density at radius 3 is 2.73 bits per heavy atom. The fraction of sp³-hybridized carbons (Fsp3) is 0.714. The van der Waals surface area contributed by atoms with E-state index in [-0.39, 0.29) is 12.7 Å². The second-order valence-corrected chi connectivity index (χ2v) is 2.26. The molecule has 0 amide bonds. The van der Waals surface area contributed by atoms with Gasteiger partial charge in [0.05, 0.1) is 18.0 Å². The van der Waals surface area contributed by atoms with Crippen LogP contribution in [-0.2, 0) is 9.03 Å². The van der Waals surface area contributed by atoms with E-state index in [0.717, 1.165) is 0 Å². The summed E-state index contributed by atoms with van der Waals surface area (Å²) in [5, 5.41) is 8.55. The third-order valence-electron chi connectivity index (χ3n) is 1.17. The molecule has 2 atom stereocenters. The van der Waals surface area contributed by atoms with Gasteiger partial charge in [0, 0.05) is 13.0 Å². The van der Waals surface area contributed by atoms with E-state index in [4.69, 9.17) is 21.7 Å². The van der Waals surface area contributed by atoms with E-state index in [1.807, 2.05) is 0 Å². The van der Waals surface area contributed by atoms with Crippen molar-refractivity contribution in [3.63, 3.8) is 0 Å². The molecule has 0 aromatic carbocycles. The molecular weight excluding hydrogens is 168 g/mol. The summed E-state index contributed by atoms with van der Waals surface area (Å²) >= 11 is 5.03. The fourth-order valence-electron chi connectivity index (χ4n) is 0.636. The first-order chi connectivity index (χ1) is 5.24. The molecule has 0 aliphatic heterocycles. The molecule has 0 aromatic rings. The average molecular weight is 181 g/mol. The van der Waals surface area contributed by atoms with Gasteiger partial charge >= 0.3 is 0 Å². The molecule has 0 rings (SSSR count). The van der Waals surface area contributed by atoms with E-state index < -0.39 is 6.29 Å². The van der Waals surface area contributed by atoms with Crippen LogP contribution in [0.5, 0.6) is 0 Å². The van der Waals surface area contributed by atoms with Crippen LogP contribution >= 0.6 is 11.9 Å². The highest BCUT2D eigenvalue weighted by Gasteiger charge is 2.08. The lowest BCUT2D eigenvalue weighted by molar-refractivity contribution is -0.0926. The molecule has 0 spiro atoms. The standard InChI is InChI=1S/C7H13ClO3/c1-3-7(4-5-9)10-6(2)11-8/h3,6-7,9H,1,4-5H2,2H3/t6?,7-/m0/s1. The highest BCUT2D eigenvalue weighted by atomic mass is 35.5. The summed E-state index contributed by atoms with van der Waals surface area (Å²) in [7, 11) is 0. The lowest BCUT2D eigenvalue weighted by atomic mass is 10.2. The van der Waals surface area contributed by atoms with Gasteiger partial charge in [0.2, 0.25) is 0 Å². The van der Waals surface area contributed by atoms with Crippen LogP contribution in [0, 0.1) is 0 Å². The van der Waals surface area contributed by atoms with Crippen molar-refractivity contribution in [2.75, 3.05) is 6.61 Å². The van der Waals surface area contributed by atoms with Gasteiger partial charge in [-0.05, 0) is 6.92 Å². The number of halogens is 1. The monoisotopic (exact) mass is 180 g/mol. The van der Waals surface area contributed by atoms with E-state index >= 15 is 0 Å². The van der Waals surface area contributed by atoms with E-state index in [1.54, 1.807) is 13.0 Å². The Kier molecular flexibility index (Phi) is 6.56. The fourth-order valence-corrected chi connectivity index (χ4v) is 0.678. The Balaban J connectivity index is 3.58. The van der Waals surface area contributed by atoms with Gasteiger partial charge in [0.1, 0.15) is 0 Å². The van der Waals surface area contributed by atoms with Gasteiger partial charge < -0.3 is 9.84 Å². The number of aliphatic hydroxyl groups is 1. The second kappa shape index (κ2) is 6.61. The minimum absolute atomic E-state index is 0.0612. The topological polar surface area (TPSA) is 38.7 Å². The van der Waals surface area contributed by atoms with Crippen molar-refractivity contribution >= 4 is 11.9 Å². The van der Waals surface area contributed by atoms with Crippen LogP contribution in [-0.4, -0.2) is 24.1 Å². The Hall–Kier alpha value is -0.0900. The summed E-state index contributed by atoms with van der Waals surface area (Å²) < 4.78 is 9.51. The molecule has 1 unspecified atom stereocenters. The molecule has 0 fully saturated rings. The van der Waals surface area contributed by atoms with Crippen molar-refractivity contribution in [2.24, 2.45) is 0 Å². The summed E-state index contributed by atoms with van der Waals surface area (Å²) in [6, 6.07) is 0. The maximum absolute atomic E-state index is 8.55. The summed E-state index contributed by atoms with van der Waals surface area (Å²) in [6.07, 6.45) is 1.43. The van der Waals surface area contributed by atoms with Crippen LogP contribution < -0.4 is 0 Å². The first-order valence-electron chi connectivity index (χ1n) is 3.40. The molecule has 3 nitrogen and oxygen atoms in total. The maximum atomic E-state index is 8.55. The molecule has 0 saturated heterocycles. The Morgan fingerprint density at radius 2 is 2.36 bits per heavy atom. The molecule has 0 saturated carbocycles. The van der Waals surface area contributed by atoms with Crippen LogP contribution in [0.15, 0.2) is 12.7 Å². The predicted octanol–water partition coefficient (Wildman–Crippen LogP) is 1.46. The first kappa shape index (κ1) is 10.9. The molecule has 0 aliphatic carbocycles. The SMILES string of the molecule is C=C[C@@H](CCO)OC(C)OCl. The van der Waals surface area contributed by atoms with E-state index in [2.05, 4.69) is 10.9 Å². The summed E-state index contributed by atoms with van der Waals surface area (Å²) in [5.74, 6) is 0. The van der Waals surface area contributed by atoms with Crippen molar-refractivity contribution in [2.45, 2.75) is 25.7 Å². The molecule has 0 heterocycles. The number of rotatable bonds is 6. The van der Waals surface area contributed by atoms with Crippen molar-refractivity contribution in [3.8, 4) is 0 Å². The van der Waals surface area contributed by atoms with Crippen LogP contribution in [0.3, 0.4) is 0 Å². The smallest absolute Gasteiger partial charge is 0.175 e. The quantitative estimate of drug-likeness (QED) is 0.497. The van der Waals surface area contributed by atoms with Gasteiger partial charge in [0.15, 0.2) is 6.29 Å². The molecule has 66 valence electrons. The molecular formula is C7H13ClO3. The third kappa shape index (κ3) is 5.21. The van der Waals surface area contributed by atoms with Gasteiger partial charge in [-0.15, -0.1) is 6.58 Å². The first-order valence-corrected chi connectivity index (χ1v) is 3.71. The Labute approximate surface area is 71.7 Å². The maximum Gasteiger partial charge on any atom is 0.175 e. The zero-order valence-corrected chi connectivity index (χ0v) is 7.25. The predicted molar refractivity (Wildman–Crippen MR) is 43.2 cm³/mol. The second-order valence-electron chi connectivity index (χ2n) is 2.08. The van der Waals surface area contributed by atoms with Crippen molar-refractivity contribution < 1.29 is 14.1 Å². The zero-order valence-electron chi connectivity index (χ0n) is 6.50. The molecule has 11 heavy (non-hydrogen) atoms. The minimum atomic E-state index is -0.480. The summed E-state index contributed by atoms with van der Waals surface area (Å²) in [5.41, 5.74) is 0. The highest BCUT2D eigenvalue weighted by molar-refractivity contribution is 6.07. The highest BCUT2D eigenvalue weighted by Crippen LogP contribution is 2.05. The van der Waals surface area contributed by atoms with E-state index in [9.17, 15) is 0 Å². The lowest BCUT2D eigenvalue weighted by Gasteiger charge is -2.15. The van der Waals surface area contributed by atoms with Crippen molar-refractivity contribution in [1.82, 2.24) is 0 Å². The van der Waals surface area contributed by atoms with Gasteiger partial charge in [0.25, 0.3) is 0 Å². The van der Waals surface area contributed by atoms with E-state index in [1.165, 1.54) is 0 Å². The van der Waals surface area contributed by atoms with Crippen LogP contribution in [0.25, 0.3) is 0 Å². The zero-order chi connectivity index (χ0) is 8.69.